The lowest BCUT2D eigenvalue weighted by Crippen LogP contribution is -2.23. The molecule has 0 fully saturated rings. The van der Waals surface area contributed by atoms with E-state index in [0.29, 0.717) is 6.54 Å². The summed E-state index contributed by atoms with van der Waals surface area (Å²) in [4.78, 5) is 13.8. The Bertz CT molecular complexity index is 632. The van der Waals surface area contributed by atoms with E-state index in [2.05, 4.69) is 6.92 Å². The van der Waals surface area contributed by atoms with Gasteiger partial charge >= 0.3 is 0 Å². The first kappa shape index (κ1) is 16.8. The summed E-state index contributed by atoms with van der Waals surface area (Å²) >= 11 is 0. The predicted molar refractivity (Wildman–Crippen MR) is 94.2 cm³/mol. The zero-order valence-electron chi connectivity index (χ0n) is 13.7. The topological polar surface area (TPSA) is 29.5 Å². The number of likely N-dealkylation sites (N-methyl/N-ethyl adjacent to an activating group) is 1. The molecule has 0 spiro atoms. The summed E-state index contributed by atoms with van der Waals surface area (Å²) < 4.78 is 5.54. The fraction of sp³-hybridized carbons (Fsp3) is 0.250. The fourth-order valence-electron chi connectivity index (χ4n) is 2.13. The van der Waals surface area contributed by atoms with Crippen molar-refractivity contribution in [1.82, 2.24) is 4.90 Å². The Morgan fingerprint density at radius 3 is 2.43 bits per heavy atom. The van der Waals surface area contributed by atoms with E-state index in [1.807, 2.05) is 60.7 Å². The molecule has 1 amide bonds. The molecule has 3 nitrogen and oxygen atoms in total. The van der Waals surface area contributed by atoms with Crippen molar-refractivity contribution >= 4 is 12.0 Å². The molecule has 0 unspecified atom stereocenters. The molecule has 0 saturated carbocycles. The van der Waals surface area contributed by atoms with E-state index in [4.69, 9.17) is 4.74 Å². The largest absolute Gasteiger partial charge is 0.494 e. The van der Waals surface area contributed by atoms with Crippen LogP contribution in [-0.2, 0) is 11.3 Å². The minimum absolute atomic E-state index is 0.0137. The van der Waals surface area contributed by atoms with Gasteiger partial charge in [0.15, 0.2) is 0 Å². The Labute approximate surface area is 138 Å². The number of nitrogens with zero attached hydrogens (tertiary/aromatic N) is 1. The van der Waals surface area contributed by atoms with E-state index < -0.39 is 0 Å². The molecule has 120 valence electrons. The highest BCUT2D eigenvalue weighted by molar-refractivity contribution is 5.91. The molecule has 0 saturated heterocycles. The quantitative estimate of drug-likeness (QED) is 0.719. The number of carbonyl (C=O) groups excluding carboxylic acids is 1. The molecule has 3 heteroatoms. The second kappa shape index (κ2) is 8.79. The second-order valence-electron chi connectivity index (χ2n) is 5.43. The maximum absolute atomic E-state index is 12.1. The summed E-state index contributed by atoms with van der Waals surface area (Å²) in [5.41, 5.74) is 2.10. The van der Waals surface area contributed by atoms with Gasteiger partial charge in [0, 0.05) is 19.7 Å². The second-order valence-corrected chi connectivity index (χ2v) is 5.43. The summed E-state index contributed by atoms with van der Waals surface area (Å²) in [6.45, 7) is 3.40. The Kier molecular flexibility index (Phi) is 6.42. The van der Waals surface area contributed by atoms with Crippen LogP contribution in [0.3, 0.4) is 0 Å². The minimum atomic E-state index is -0.0137. The van der Waals surface area contributed by atoms with Crippen molar-refractivity contribution < 1.29 is 9.53 Å². The molecule has 0 bridgehead atoms. The maximum atomic E-state index is 12.1. The van der Waals surface area contributed by atoms with Crippen LogP contribution in [0.25, 0.3) is 6.08 Å². The zero-order chi connectivity index (χ0) is 16.5. The highest BCUT2D eigenvalue weighted by Gasteiger charge is 2.05. The van der Waals surface area contributed by atoms with Crippen LogP contribution in [0.2, 0.25) is 0 Å². The number of amides is 1. The van der Waals surface area contributed by atoms with Crippen LogP contribution in [0.4, 0.5) is 0 Å². The lowest BCUT2D eigenvalue weighted by molar-refractivity contribution is -0.125. The third-order valence-electron chi connectivity index (χ3n) is 3.41. The lowest BCUT2D eigenvalue weighted by atomic mass is 10.2. The molecule has 0 aliphatic carbocycles. The average molecular weight is 309 g/mol. The molecule has 0 N–H and O–H groups in total. The first-order chi connectivity index (χ1) is 11.2. The average Bonchev–Trinajstić information content (AvgIpc) is 2.59. The van der Waals surface area contributed by atoms with Gasteiger partial charge in [0.2, 0.25) is 5.91 Å². The van der Waals surface area contributed by atoms with Crippen molar-refractivity contribution in [2.24, 2.45) is 0 Å². The van der Waals surface area contributed by atoms with Crippen LogP contribution >= 0.6 is 0 Å². The van der Waals surface area contributed by atoms with E-state index in [1.54, 1.807) is 18.0 Å². The van der Waals surface area contributed by atoms with Crippen molar-refractivity contribution in [2.75, 3.05) is 13.7 Å². The van der Waals surface area contributed by atoms with E-state index in [-0.39, 0.29) is 5.91 Å². The standard InChI is InChI=1S/C20H23NO2/c1-3-15-23-19-12-9-17(10-13-19)11-14-20(22)21(2)16-18-7-5-4-6-8-18/h4-14H,3,15-16H2,1-2H3/b14-11+. The molecule has 0 radical (unpaired) electrons. The van der Waals surface area contributed by atoms with Crippen LogP contribution in [0.1, 0.15) is 24.5 Å². The summed E-state index contributed by atoms with van der Waals surface area (Å²) in [5.74, 6) is 0.844. The molecular formula is C20H23NO2. The fourth-order valence-corrected chi connectivity index (χ4v) is 2.13. The Morgan fingerprint density at radius 2 is 1.78 bits per heavy atom. The maximum Gasteiger partial charge on any atom is 0.246 e. The van der Waals surface area contributed by atoms with E-state index >= 15 is 0 Å². The molecule has 2 aromatic rings. The molecular weight excluding hydrogens is 286 g/mol. The minimum Gasteiger partial charge on any atom is -0.494 e. The third kappa shape index (κ3) is 5.62. The molecule has 23 heavy (non-hydrogen) atoms. The molecule has 0 atom stereocenters. The highest BCUT2D eigenvalue weighted by atomic mass is 16.5. The smallest absolute Gasteiger partial charge is 0.246 e. The van der Waals surface area contributed by atoms with Gasteiger partial charge in [-0.1, -0.05) is 49.4 Å². The van der Waals surface area contributed by atoms with Crippen LogP contribution in [-0.4, -0.2) is 24.5 Å². The molecule has 0 aromatic heterocycles. The SMILES string of the molecule is CCCOc1ccc(/C=C/C(=O)N(C)Cc2ccccc2)cc1. The Balaban J connectivity index is 1.89. The van der Waals surface area contributed by atoms with E-state index in [1.165, 1.54) is 0 Å². The molecule has 0 aliphatic heterocycles. The first-order valence-electron chi connectivity index (χ1n) is 7.89. The summed E-state index contributed by atoms with van der Waals surface area (Å²) in [6.07, 6.45) is 4.42. The number of hydrogen-bond donors (Lipinski definition) is 0. The number of ether oxygens (including phenoxy) is 1. The van der Waals surface area contributed by atoms with Gasteiger partial charge in [-0.2, -0.15) is 0 Å². The van der Waals surface area contributed by atoms with Crippen LogP contribution < -0.4 is 4.74 Å². The summed E-state index contributed by atoms with van der Waals surface area (Å²) in [7, 11) is 1.81. The van der Waals surface area contributed by atoms with Crippen molar-refractivity contribution in [2.45, 2.75) is 19.9 Å². The van der Waals surface area contributed by atoms with Gasteiger partial charge < -0.3 is 9.64 Å². The van der Waals surface area contributed by atoms with Gasteiger partial charge in [0.05, 0.1) is 6.61 Å². The number of carbonyl (C=O) groups is 1. The number of hydrogen-bond acceptors (Lipinski definition) is 2. The van der Waals surface area contributed by atoms with Gasteiger partial charge in [-0.25, -0.2) is 0 Å². The van der Waals surface area contributed by atoms with Crippen molar-refractivity contribution in [1.29, 1.82) is 0 Å². The third-order valence-corrected chi connectivity index (χ3v) is 3.41. The van der Waals surface area contributed by atoms with Gasteiger partial charge in [-0.05, 0) is 35.8 Å². The molecule has 0 heterocycles. The Hall–Kier alpha value is -2.55. The lowest BCUT2D eigenvalue weighted by Gasteiger charge is -2.15. The van der Waals surface area contributed by atoms with Gasteiger partial charge in [0.1, 0.15) is 5.75 Å². The predicted octanol–water partition coefficient (Wildman–Crippen LogP) is 4.15. The van der Waals surface area contributed by atoms with Crippen molar-refractivity contribution in [3.63, 3.8) is 0 Å². The van der Waals surface area contributed by atoms with E-state index in [0.717, 1.165) is 29.9 Å². The monoisotopic (exact) mass is 309 g/mol. The molecule has 0 aliphatic rings. The normalized spacial score (nSPS) is 10.7. The van der Waals surface area contributed by atoms with Crippen LogP contribution in [0.5, 0.6) is 5.75 Å². The molecule has 2 rings (SSSR count). The number of benzene rings is 2. The highest BCUT2D eigenvalue weighted by Crippen LogP contribution is 2.13. The molecule has 2 aromatic carbocycles. The summed E-state index contributed by atoms with van der Waals surface area (Å²) in [6, 6.07) is 17.7. The Morgan fingerprint density at radius 1 is 1.09 bits per heavy atom. The van der Waals surface area contributed by atoms with Crippen LogP contribution in [0.15, 0.2) is 60.7 Å². The van der Waals surface area contributed by atoms with Crippen molar-refractivity contribution in [3.8, 4) is 5.75 Å². The van der Waals surface area contributed by atoms with Crippen molar-refractivity contribution in [3.05, 3.63) is 71.8 Å². The number of rotatable bonds is 7. The van der Waals surface area contributed by atoms with Gasteiger partial charge in [-0.3, -0.25) is 4.79 Å². The van der Waals surface area contributed by atoms with Gasteiger partial charge in [-0.15, -0.1) is 0 Å². The summed E-state index contributed by atoms with van der Waals surface area (Å²) in [5, 5.41) is 0. The zero-order valence-corrected chi connectivity index (χ0v) is 13.7. The first-order valence-corrected chi connectivity index (χ1v) is 7.89. The van der Waals surface area contributed by atoms with Crippen LogP contribution in [0, 0.1) is 0 Å². The van der Waals surface area contributed by atoms with E-state index in [9.17, 15) is 4.79 Å². The van der Waals surface area contributed by atoms with Gasteiger partial charge in [0.25, 0.3) is 0 Å².